The van der Waals surface area contributed by atoms with Crippen LogP contribution in [0.3, 0.4) is 0 Å². The molecule has 0 atom stereocenters. The molecule has 0 aliphatic heterocycles. The Bertz CT molecular complexity index is 420. The first-order chi connectivity index (χ1) is 7.13. The number of carbonyl (C=O) groups is 1. The van der Waals surface area contributed by atoms with Gasteiger partial charge in [0.15, 0.2) is 0 Å². The van der Waals surface area contributed by atoms with Gasteiger partial charge < -0.3 is 4.90 Å². The standard InChI is InChI=1S/C11H9Br2NO/c1-14(11(15)5-6-12)8-9-3-2-4-10(13)7-9/h2-4,7H,8H2,1H3. The molecule has 0 radical (unpaired) electrons. The van der Waals surface area contributed by atoms with Gasteiger partial charge in [-0.2, -0.15) is 0 Å². The van der Waals surface area contributed by atoms with Gasteiger partial charge >= 0.3 is 0 Å². The molecule has 4 heteroatoms. The predicted molar refractivity (Wildman–Crippen MR) is 67.3 cm³/mol. The van der Waals surface area contributed by atoms with Gasteiger partial charge in [0.25, 0.3) is 5.91 Å². The molecule has 0 fully saturated rings. The Morgan fingerprint density at radius 1 is 1.53 bits per heavy atom. The second kappa shape index (κ2) is 5.94. The van der Waals surface area contributed by atoms with Gasteiger partial charge in [-0.1, -0.05) is 28.1 Å². The van der Waals surface area contributed by atoms with Crippen molar-refractivity contribution in [1.29, 1.82) is 0 Å². The fraction of sp³-hybridized carbons (Fsp3) is 0.182. The van der Waals surface area contributed by atoms with Crippen molar-refractivity contribution in [3.63, 3.8) is 0 Å². The number of nitrogens with zero attached hydrogens (tertiary/aromatic N) is 1. The van der Waals surface area contributed by atoms with E-state index in [0.29, 0.717) is 6.54 Å². The third kappa shape index (κ3) is 4.06. The summed E-state index contributed by atoms with van der Waals surface area (Å²) in [5.41, 5.74) is 1.07. The van der Waals surface area contributed by atoms with Gasteiger partial charge in [0.1, 0.15) is 0 Å². The van der Waals surface area contributed by atoms with Crippen LogP contribution in [-0.4, -0.2) is 17.9 Å². The highest BCUT2D eigenvalue weighted by molar-refractivity contribution is 9.12. The van der Waals surface area contributed by atoms with Crippen LogP contribution in [0, 0.1) is 10.8 Å². The summed E-state index contributed by atoms with van der Waals surface area (Å²) in [6.45, 7) is 0.556. The number of rotatable bonds is 2. The molecular weight excluding hydrogens is 322 g/mol. The van der Waals surface area contributed by atoms with Crippen LogP contribution in [0.4, 0.5) is 0 Å². The van der Waals surface area contributed by atoms with Gasteiger partial charge in [-0.3, -0.25) is 4.79 Å². The number of hydrogen-bond acceptors (Lipinski definition) is 1. The average Bonchev–Trinajstić information content (AvgIpc) is 2.18. The molecule has 0 aliphatic rings. The second-order valence-electron chi connectivity index (χ2n) is 3.01. The number of benzene rings is 1. The molecule has 0 bridgehead atoms. The Morgan fingerprint density at radius 3 is 2.87 bits per heavy atom. The van der Waals surface area contributed by atoms with E-state index in [2.05, 4.69) is 42.6 Å². The van der Waals surface area contributed by atoms with E-state index in [9.17, 15) is 4.79 Å². The summed E-state index contributed by atoms with van der Waals surface area (Å²) in [7, 11) is 1.72. The summed E-state index contributed by atoms with van der Waals surface area (Å²) < 4.78 is 1.01. The fourth-order valence-electron chi connectivity index (χ4n) is 1.12. The van der Waals surface area contributed by atoms with Crippen LogP contribution in [-0.2, 0) is 11.3 Å². The number of carbonyl (C=O) groups excluding carboxylic acids is 1. The smallest absolute Gasteiger partial charge is 0.299 e. The van der Waals surface area contributed by atoms with E-state index >= 15 is 0 Å². The first-order valence-corrected chi connectivity index (χ1v) is 5.83. The second-order valence-corrected chi connectivity index (χ2v) is 4.32. The Kier molecular flexibility index (Phi) is 4.86. The van der Waals surface area contributed by atoms with Crippen LogP contribution in [0.1, 0.15) is 5.56 Å². The molecule has 0 N–H and O–H groups in total. The molecule has 15 heavy (non-hydrogen) atoms. The molecule has 2 nitrogen and oxygen atoms in total. The third-order valence-electron chi connectivity index (χ3n) is 1.81. The number of amides is 1. The minimum Gasteiger partial charge on any atom is -0.331 e. The van der Waals surface area contributed by atoms with Crippen molar-refractivity contribution >= 4 is 37.8 Å². The topological polar surface area (TPSA) is 20.3 Å². The van der Waals surface area contributed by atoms with Crippen molar-refractivity contribution in [2.24, 2.45) is 0 Å². The lowest BCUT2D eigenvalue weighted by Crippen LogP contribution is -2.24. The lowest BCUT2D eigenvalue weighted by molar-refractivity contribution is -0.124. The largest absolute Gasteiger partial charge is 0.331 e. The maximum absolute atomic E-state index is 11.3. The van der Waals surface area contributed by atoms with E-state index in [1.165, 1.54) is 0 Å². The Morgan fingerprint density at radius 2 is 2.27 bits per heavy atom. The molecule has 0 saturated heterocycles. The van der Waals surface area contributed by atoms with Gasteiger partial charge in [-0.15, -0.1) is 0 Å². The van der Waals surface area contributed by atoms with Gasteiger partial charge in [-0.25, -0.2) is 0 Å². The van der Waals surface area contributed by atoms with Gasteiger partial charge in [0.2, 0.25) is 0 Å². The molecule has 0 saturated carbocycles. The van der Waals surface area contributed by atoms with Crippen LogP contribution >= 0.6 is 31.9 Å². The first kappa shape index (κ1) is 12.3. The lowest BCUT2D eigenvalue weighted by Gasteiger charge is -2.13. The van der Waals surface area contributed by atoms with Crippen molar-refractivity contribution < 1.29 is 4.79 Å². The fourth-order valence-corrected chi connectivity index (χ4v) is 1.73. The molecular formula is C11H9Br2NO. The van der Waals surface area contributed by atoms with Crippen molar-refractivity contribution in [1.82, 2.24) is 4.90 Å². The molecule has 0 unspecified atom stereocenters. The Balaban J connectivity index is 2.68. The van der Waals surface area contributed by atoms with Crippen LogP contribution in [0.15, 0.2) is 28.7 Å². The minimum atomic E-state index is -0.202. The quantitative estimate of drug-likeness (QED) is 0.764. The van der Waals surface area contributed by atoms with Crippen LogP contribution in [0.25, 0.3) is 0 Å². The highest BCUT2D eigenvalue weighted by Gasteiger charge is 2.05. The normalized spacial score (nSPS) is 9.00. The molecule has 1 rings (SSSR count). The summed E-state index contributed by atoms with van der Waals surface area (Å²) in [4.78, 5) is 15.3. The summed E-state index contributed by atoms with van der Waals surface area (Å²) in [5.74, 6) is 2.22. The molecule has 0 aliphatic carbocycles. The lowest BCUT2D eigenvalue weighted by atomic mass is 10.2. The van der Waals surface area contributed by atoms with Crippen molar-refractivity contribution in [2.75, 3.05) is 7.05 Å². The molecule has 78 valence electrons. The highest BCUT2D eigenvalue weighted by Crippen LogP contribution is 2.12. The van der Waals surface area contributed by atoms with E-state index in [-0.39, 0.29) is 5.91 Å². The maximum atomic E-state index is 11.3. The monoisotopic (exact) mass is 329 g/mol. The SMILES string of the molecule is CN(Cc1cccc(Br)c1)C(=O)C#CBr. The first-order valence-electron chi connectivity index (χ1n) is 4.24. The zero-order chi connectivity index (χ0) is 11.3. The number of hydrogen-bond donors (Lipinski definition) is 0. The van der Waals surface area contributed by atoms with Gasteiger partial charge in [-0.05, 0) is 22.5 Å². The van der Waals surface area contributed by atoms with E-state index in [1.54, 1.807) is 11.9 Å². The Hall–Kier alpha value is -0.790. The zero-order valence-electron chi connectivity index (χ0n) is 8.13. The van der Waals surface area contributed by atoms with E-state index < -0.39 is 0 Å². The molecule has 0 spiro atoms. The van der Waals surface area contributed by atoms with Gasteiger partial charge in [0.05, 0.1) is 0 Å². The van der Waals surface area contributed by atoms with Crippen LogP contribution in [0.2, 0.25) is 0 Å². The third-order valence-corrected chi connectivity index (χ3v) is 2.50. The van der Waals surface area contributed by atoms with Crippen molar-refractivity contribution in [3.05, 3.63) is 34.3 Å². The predicted octanol–water partition coefficient (Wildman–Crippen LogP) is 2.76. The van der Waals surface area contributed by atoms with E-state index in [4.69, 9.17) is 0 Å². The van der Waals surface area contributed by atoms with Crippen LogP contribution in [0.5, 0.6) is 0 Å². The van der Waals surface area contributed by atoms with E-state index in [0.717, 1.165) is 10.0 Å². The summed E-state index contributed by atoms with van der Waals surface area (Å²) in [5, 5.41) is 0. The molecule has 1 aromatic carbocycles. The van der Waals surface area contributed by atoms with Crippen molar-refractivity contribution in [2.45, 2.75) is 6.54 Å². The highest BCUT2D eigenvalue weighted by atomic mass is 79.9. The average molecular weight is 331 g/mol. The minimum absolute atomic E-state index is 0.202. The summed E-state index contributed by atoms with van der Waals surface area (Å²) >= 11 is 6.28. The molecule has 1 amide bonds. The Labute approximate surface area is 106 Å². The maximum Gasteiger partial charge on any atom is 0.299 e. The van der Waals surface area contributed by atoms with E-state index in [1.807, 2.05) is 24.3 Å². The number of halogens is 2. The molecule has 0 aromatic heterocycles. The molecule has 1 aromatic rings. The summed E-state index contributed by atoms with van der Waals surface area (Å²) in [6.07, 6.45) is 0. The van der Waals surface area contributed by atoms with Crippen molar-refractivity contribution in [3.8, 4) is 10.8 Å². The molecule has 0 heterocycles. The zero-order valence-corrected chi connectivity index (χ0v) is 11.3. The van der Waals surface area contributed by atoms with Crippen LogP contribution < -0.4 is 0 Å². The van der Waals surface area contributed by atoms with Gasteiger partial charge in [0, 0.05) is 39.9 Å². The summed E-state index contributed by atoms with van der Waals surface area (Å²) in [6, 6.07) is 7.83.